The molecule has 4 N–H and O–H groups in total. The molecule has 0 aromatic heterocycles. The number of hydrogen-bond acceptors (Lipinski definition) is 3. The number of anilines is 1. The average molecular weight is 292 g/mol. The number of para-hydroxylation sites is 1. The van der Waals surface area contributed by atoms with Gasteiger partial charge in [-0.1, -0.05) is 18.2 Å². The highest BCUT2D eigenvalue weighted by Gasteiger charge is 2.24. The Kier molecular flexibility index (Phi) is 6.68. The SMILES string of the molecule is Cl.Cl.NC(=O)CC1NCc2ccccc2NC1=O. The maximum atomic E-state index is 11.7. The Balaban J connectivity index is 0.00000144. The number of amides is 2. The van der Waals surface area contributed by atoms with Gasteiger partial charge >= 0.3 is 0 Å². The van der Waals surface area contributed by atoms with Crippen LogP contribution in [0.5, 0.6) is 0 Å². The summed E-state index contributed by atoms with van der Waals surface area (Å²) in [6.07, 6.45) is 0.0137. The Morgan fingerprint density at radius 1 is 1.33 bits per heavy atom. The van der Waals surface area contributed by atoms with E-state index in [1.165, 1.54) is 0 Å². The number of nitrogens with two attached hydrogens (primary N) is 1. The normalized spacial score (nSPS) is 17.3. The van der Waals surface area contributed by atoms with Gasteiger partial charge in [0, 0.05) is 12.2 Å². The van der Waals surface area contributed by atoms with Crippen LogP contribution in [0.4, 0.5) is 5.69 Å². The summed E-state index contributed by atoms with van der Waals surface area (Å²) in [7, 11) is 0. The predicted octanol–water partition coefficient (Wildman–Crippen LogP) is 0.816. The third-order valence-corrected chi connectivity index (χ3v) is 2.54. The number of hydrogen-bond donors (Lipinski definition) is 3. The summed E-state index contributed by atoms with van der Waals surface area (Å²) in [6, 6.07) is 6.97. The number of nitrogens with one attached hydrogen (secondary N) is 2. The average Bonchev–Trinajstić information content (AvgIpc) is 2.39. The molecular formula is C11H15Cl2N3O2. The van der Waals surface area contributed by atoms with Gasteiger partial charge in [0.05, 0.1) is 12.5 Å². The number of rotatable bonds is 2. The maximum Gasteiger partial charge on any atom is 0.242 e. The van der Waals surface area contributed by atoms with Crippen molar-refractivity contribution in [1.29, 1.82) is 0 Å². The maximum absolute atomic E-state index is 11.7. The first-order valence-corrected chi connectivity index (χ1v) is 5.07. The molecule has 0 saturated carbocycles. The lowest BCUT2D eigenvalue weighted by Crippen LogP contribution is -2.40. The summed E-state index contributed by atoms with van der Waals surface area (Å²) in [5.74, 6) is -0.706. The lowest BCUT2D eigenvalue weighted by Gasteiger charge is -2.11. The Labute approximate surface area is 117 Å². The van der Waals surface area contributed by atoms with Gasteiger partial charge < -0.3 is 16.4 Å². The molecule has 0 saturated heterocycles. The number of fused-ring (bicyclic) bond motifs is 1. The van der Waals surface area contributed by atoms with E-state index in [0.717, 1.165) is 11.3 Å². The van der Waals surface area contributed by atoms with E-state index in [1.54, 1.807) is 0 Å². The molecule has 0 spiro atoms. The van der Waals surface area contributed by atoms with Crippen LogP contribution in [-0.4, -0.2) is 17.9 Å². The van der Waals surface area contributed by atoms with Crippen LogP contribution < -0.4 is 16.4 Å². The standard InChI is InChI=1S/C11H13N3O2.2ClH/c12-10(15)5-9-11(16)14-8-4-2-1-3-7(8)6-13-9;;/h1-4,9,13H,5-6H2,(H2,12,15)(H,14,16);2*1H. The van der Waals surface area contributed by atoms with E-state index in [4.69, 9.17) is 5.73 Å². The van der Waals surface area contributed by atoms with Gasteiger partial charge in [0.1, 0.15) is 0 Å². The Bertz CT molecular complexity index is 440. The van der Waals surface area contributed by atoms with E-state index in [-0.39, 0.29) is 37.1 Å². The molecule has 0 fully saturated rings. The van der Waals surface area contributed by atoms with Crippen molar-refractivity contribution >= 4 is 42.3 Å². The molecule has 1 aromatic carbocycles. The molecule has 2 rings (SSSR count). The van der Waals surface area contributed by atoms with Crippen molar-refractivity contribution in [2.24, 2.45) is 5.73 Å². The van der Waals surface area contributed by atoms with Crippen LogP contribution >= 0.6 is 24.8 Å². The molecule has 0 radical (unpaired) electrons. The van der Waals surface area contributed by atoms with Crippen LogP contribution in [0.1, 0.15) is 12.0 Å². The second kappa shape index (κ2) is 7.20. The van der Waals surface area contributed by atoms with E-state index < -0.39 is 11.9 Å². The number of benzene rings is 1. The molecule has 100 valence electrons. The van der Waals surface area contributed by atoms with E-state index >= 15 is 0 Å². The minimum atomic E-state index is -0.551. The lowest BCUT2D eigenvalue weighted by atomic mass is 10.2. The van der Waals surface area contributed by atoms with Crippen LogP contribution in [0.25, 0.3) is 0 Å². The molecule has 1 aliphatic rings. The molecule has 1 aromatic rings. The summed E-state index contributed by atoms with van der Waals surface area (Å²) in [4.78, 5) is 22.5. The highest BCUT2D eigenvalue weighted by Crippen LogP contribution is 2.18. The van der Waals surface area contributed by atoms with Crippen molar-refractivity contribution < 1.29 is 9.59 Å². The minimum absolute atomic E-state index is 0. The second-order valence-corrected chi connectivity index (χ2v) is 3.75. The van der Waals surface area contributed by atoms with Gasteiger partial charge in [0.2, 0.25) is 11.8 Å². The van der Waals surface area contributed by atoms with E-state index in [0.29, 0.717) is 6.54 Å². The quantitative estimate of drug-likeness (QED) is 0.754. The third kappa shape index (κ3) is 3.87. The molecule has 0 aliphatic carbocycles. The van der Waals surface area contributed by atoms with Crippen molar-refractivity contribution in [3.05, 3.63) is 29.8 Å². The molecule has 1 unspecified atom stereocenters. The van der Waals surface area contributed by atoms with E-state index in [1.807, 2.05) is 24.3 Å². The van der Waals surface area contributed by atoms with Gasteiger partial charge in [-0.3, -0.25) is 9.59 Å². The van der Waals surface area contributed by atoms with E-state index in [9.17, 15) is 9.59 Å². The van der Waals surface area contributed by atoms with Crippen molar-refractivity contribution in [3.63, 3.8) is 0 Å². The summed E-state index contributed by atoms with van der Waals surface area (Å²) in [6.45, 7) is 0.548. The zero-order valence-corrected chi connectivity index (χ0v) is 11.1. The zero-order chi connectivity index (χ0) is 11.5. The Hall–Kier alpha value is -1.30. The number of primary amides is 1. The first-order chi connectivity index (χ1) is 7.66. The van der Waals surface area contributed by atoms with Gasteiger partial charge in [-0.15, -0.1) is 24.8 Å². The molecule has 0 bridgehead atoms. The van der Waals surface area contributed by atoms with Gasteiger partial charge in [0.15, 0.2) is 0 Å². The van der Waals surface area contributed by atoms with Crippen LogP contribution in [0.2, 0.25) is 0 Å². The fourth-order valence-corrected chi connectivity index (χ4v) is 1.71. The molecule has 7 heteroatoms. The largest absolute Gasteiger partial charge is 0.370 e. The minimum Gasteiger partial charge on any atom is -0.370 e. The zero-order valence-electron chi connectivity index (χ0n) is 9.51. The number of carbonyl (C=O) groups is 2. The molecule has 1 aliphatic heterocycles. The van der Waals surface area contributed by atoms with Crippen LogP contribution in [0, 0.1) is 0 Å². The first kappa shape index (κ1) is 16.7. The van der Waals surface area contributed by atoms with Crippen molar-refractivity contribution in [3.8, 4) is 0 Å². The van der Waals surface area contributed by atoms with Crippen molar-refractivity contribution in [2.75, 3.05) is 5.32 Å². The van der Waals surface area contributed by atoms with Crippen LogP contribution in [0.3, 0.4) is 0 Å². The molecule has 1 atom stereocenters. The predicted molar refractivity (Wildman–Crippen MR) is 74.0 cm³/mol. The summed E-state index contributed by atoms with van der Waals surface area (Å²) >= 11 is 0. The smallest absolute Gasteiger partial charge is 0.242 e. The summed E-state index contributed by atoms with van der Waals surface area (Å²) in [5.41, 5.74) is 6.87. The summed E-state index contributed by atoms with van der Waals surface area (Å²) < 4.78 is 0. The van der Waals surface area contributed by atoms with Gasteiger partial charge in [-0.05, 0) is 11.6 Å². The monoisotopic (exact) mass is 291 g/mol. The van der Waals surface area contributed by atoms with Crippen LogP contribution in [0.15, 0.2) is 24.3 Å². The molecule has 18 heavy (non-hydrogen) atoms. The van der Waals surface area contributed by atoms with Crippen LogP contribution in [-0.2, 0) is 16.1 Å². The molecule has 1 heterocycles. The van der Waals surface area contributed by atoms with Gasteiger partial charge in [-0.2, -0.15) is 0 Å². The van der Waals surface area contributed by atoms with Crippen molar-refractivity contribution in [1.82, 2.24) is 5.32 Å². The molecule has 2 amide bonds. The first-order valence-electron chi connectivity index (χ1n) is 5.07. The molecular weight excluding hydrogens is 277 g/mol. The fraction of sp³-hybridized carbons (Fsp3) is 0.273. The number of halogens is 2. The number of carbonyl (C=O) groups excluding carboxylic acids is 2. The Morgan fingerprint density at radius 3 is 2.67 bits per heavy atom. The Morgan fingerprint density at radius 2 is 2.00 bits per heavy atom. The third-order valence-electron chi connectivity index (χ3n) is 2.54. The highest BCUT2D eigenvalue weighted by atomic mass is 35.5. The topological polar surface area (TPSA) is 84.2 Å². The summed E-state index contributed by atoms with van der Waals surface area (Å²) in [5, 5.41) is 5.77. The van der Waals surface area contributed by atoms with Gasteiger partial charge in [-0.25, -0.2) is 0 Å². The van der Waals surface area contributed by atoms with Crippen molar-refractivity contribution in [2.45, 2.75) is 19.0 Å². The second-order valence-electron chi connectivity index (χ2n) is 3.75. The fourth-order valence-electron chi connectivity index (χ4n) is 1.71. The highest BCUT2D eigenvalue weighted by molar-refractivity contribution is 5.98. The lowest BCUT2D eigenvalue weighted by molar-refractivity contribution is -0.124. The van der Waals surface area contributed by atoms with E-state index in [2.05, 4.69) is 10.6 Å². The molecule has 5 nitrogen and oxygen atoms in total. The van der Waals surface area contributed by atoms with Gasteiger partial charge in [0.25, 0.3) is 0 Å².